The monoisotopic (exact) mass is 632 g/mol. The molecule has 4 aliphatic rings. The summed E-state index contributed by atoms with van der Waals surface area (Å²) in [5.41, 5.74) is 0.879. The van der Waals surface area contributed by atoms with E-state index in [0.29, 0.717) is 22.0 Å². The number of nitrogens with zero attached hydrogens (tertiary/aromatic N) is 2. The lowest BCUT2D eigenvalue weighted by atomic mass is 9.56. The molecule has 34 heavy (non-hydrogen) atoms. The molecule has 5 rings (SSSR count). The third-order valence-electron chi connectivity index (χ3n) is 7.72. The number of allylic oxidation sites excluding steroid dienone is 2. The van der Waals surface area contributed by atoms with Crippen molar-refractivity contribution in [3.63, 3.8) is 0 Å². The zero-order chi connectivity index (χ0) is 24.7. The quantitative estimate of drug-likeness (QED) is 0.236. The highest BCUT2D eigenvalue weighted by molar-refractivity contribution is 9.10. The second-order valence-electron chi connectivity index (χ2n) is 9.11. The van der Waals surface area contributed by atoms with Gasteiger partial charge in [-0.1, -0.05) is 43.5 Å². The predicted octanol–water partition coefficient (Wildman–Crippen LogP) is 3.89. The molecule has 180 valence electrons. The zero-order valence-corrected chi connectivity index (χ0v) is 22.6. The molecule has 0 aromatic heterocycles. The topological polar surface area (TPSA) is 95.0 Å². The average molecular weight is 635 g/mol. The number of phenolic OH excluding ortho intramolecular Hbond substituents is 1. The first kappa shape index (κ1) is 24.3. The van der Waals surface area contributed by atoms with Crippen LogP contribution in [-0.2, 0) is 19.2 Å². The van der Waals surface area contributed by atoms with Crippen molar-refractivity contribution in [3.8, 4) is 5.75 Å². The minimum absolute atomic E-state index is 0.0685. The van der Waals surface area contributed by atoms with Crippen molar-refractivity contribution < 1.29 is 24.3 Å². The van der Waals surface area contributed by atoms with Gasteiger partial charge in [0.1, 0.15) is 5.75 Å². The Morgan fingerprint density at radius 3 is 2.44 bits per heavy atom. The number of benzene rings is 1. The SMILES string of the molecule is CCN1C(=O)C2CC=C3C(CC4(Cl)C(=O)N(CBr)C(=O)C4(Cl)C3c3cc(Br)ccc3O)C2C1=O. The number of likely N-dealkylation sites (tertiary alicyclic amines) is 2. The van der Waals surface area contributed by atoms with E-state index in [1.807, 2.05) is 6.08 Å². The van der Waals surface area contributed by atoms with Crippen molar-refractivity contribution in [1.29, 1.82) is 0 Å². The Balaban J connectivity index is 1.76. The van der Waals surface area contributed by atoms with E-state index in [2.05, 4.69) is 31.9 Å². The van der Waals surface area contributed by atoms with Crippen molar-refractivity contribution in [2.24, 2.45) is 17.8 Å². The highest BCUT2D eigenvalue weighted by atomic mass is 79.9. The molecule has 2 aliphatic carbocycles. The van der Waals surface area contributed by atoms with Crippen LogP contribution in [-0.4, -0.2) is 60.3 Å². The fourth-order valence-electron chi connectivity index (χ4n) is 6.23. The largest absolute Gasteiger partial charge is 0.508 e. The van der Waals surface area contributed by atoms with Crippen LogP contribution in [0, 0.1) is 17.8 Å². The molecule has 1 aromatic carbocycles. The molecule has 11 heteroatoms. The number of carbonyl (C=O) groups excluding carboxylic acids is 4. The summed E-state index contributed by atoms with van der Waals surface area (Å²) in [5, 5.41) is 10.8. The Bertz CT molecular complexity index is 1190. The standard InChI is InChI=1S/C23H20Br2Cl2N2O5/c1-2-28-18(31)12-5-4-11-14(16(12)19(28)32)8-22(26)20(33)29(9-24)21(34)23(22,27)17(11)13-7-10(25)3-6-15(13)30/h3-4,6-7,12,14,16-17,30H,2,5,8-9H2,1H3. The first-order valence-corrected chi connectivity index (χ1v) is 13.5. The molecular formula is C23H20Br2Cl2N2O5. The van der Waals surface area contributed by atoms with Crippen LogP contribution in [0.3, 0.4) is 0 Å². The number of imide groups is 2. The molecule has 3 fully saturated rings. The Hall–Kier alpha value is -1.42. The minimum Gasteiger partial charge on any atom is -0.508 e. The van der Waals surface area contributed by atoms with Gasteiger partial charge in [0.2, 0.25) is 11.8 Å². The van der Waals surface area contributed by atoms with Gasteiger partial charge < -0.3 is 5.11 Å². The van der Waals surface area contributed by atoms with Gasteiger partial charge in [-0.3, -0.25) is 29.0 Å². The van der Waals surface area contributed by atoms with Gasteiger partial charge in [-0.2, -0.15) is 0 Å². The summed E-state index contributed by atoms with van der Waals surface area (Å²) in [6, 6.07) is 4.76. The van der Waals surface area contributed by atoms with Gasteiger partial charge in [-0.05, 0) is 43.9 Å². The minimum atomic E-state index is -1.93. The Morgan fingerprint density at radius 1 is 1.09 bits per heavy atom. The van der Waals surface area contributed by atoms with Crippen LogP contribution in [0.5, 0.6) is 5.75 Å². The number of halogens is 4. The Labute approximate surface area is 222 Å². The summed E-state index contributed by atoms with van der Waals surface area (Å²) in [6.07, 6.45) is 2.08. The molecule has 4 amide bonds. The van der Waals surface area contributed by atoms with Crippen molar-refractivity contribution >= 4 is 78.7 Å². The Morgan fingerprint density at radius 2 is 1.79 bits per heavy atom. The van der Waals surface area contributed by atoms with Crippen molar-refractivity contribution in [3.05, 3.63) is 39.9 Å². The van der Waals surface area contributed by atoms with Crippen LogP contribution in [0.1, 0.15) is 31.2 Å². The third kappa shape index (κ3) is 2.87. The molecule has 2 aliphatic heterocycles. The number of rotatable bonds is 3. The number of alkyl halides is 3. The van der Waals surface area contributed by atoms with E-state index in [-0.39, 0.29) is 36.0 Å². The van der Waals surface area contributed by atoms with E-state index >= 15 is 0 Å². The van der Waals surface area contributed by atoms with Gasteiger partial charge in [-0.25, -0.2) is 0 Å². The van der Waals surface area contributed by atoms with Crippen LogP contribution in [0.2, 0.25) is 0 Å². The highest BCUT2D eigenvalue weighted by Crippen LogP contribution is 2.66. The van der Waals surface area contributed by atoms with E-state index in [4.69, 9.17) is 23.2 Å². The van der Waals surface area contributed by atoms with E-state index in [9.17, 15) is 24.3 Å². The summed E-state index contributed by atoms with van der Waals surface area (Å²) in [6.45, 7) is 1.99. The summed E-state index contributed by atoms with van der Waals surface area (Å²) < 4.78 is 0.635. The molecule has 0 spiro atoms. The number of amides is 4. The smallest absolute Gasteiger partial charge is 0.254 e. The second-order valence-corrected chi connectivity index (χ2v) is 11.8. The van der Waals surface area contributed by atoms with Gasteiger partial charge in [-0.15, -0.1) is 23.2 Å². The fourth-order valence-corrected chi connectivity index (χ4v) is 8.03. The van der Waals surface area contributed by atoms with E-state index in [1.54, 1.807) is 19.1 Å². The fraction of sp³-hybridized carbons (Fsp3) is 0.478. The molecule has 2 heterocycles. The zero-order valence-electron chi connectivity index (χ0n) is 17.9. The molecule has 6 atom stereocenters. The van der Waals surface area contributed by atoms with Crippen molar-refractivity contribution in [2.75, 3.05) is 12.0 Å². The summed E-state index contributed by atoms with van der Waals surface area (Å²) in [5.74, 6) is -4.81. The van der Waals surface area contributed by atoms with Crippen LogP contribution in [0.15, 0.2) is 34.3 Å². The number of carbonyl (C=O) groups is 4. The average Bonchev–Trinajstić information content (AvgIpc) is 3.13. The van der Waals surface area contributed by atoms with Crippen molar-refractivity contribution in [2.45, 2.75) is 35.4 Å². The number of hydrogen-bond donors (Lipinski definition) is 1. The van der Waals surface area contributed by atoms with Gasteiger partial charge in [0, 0.05) is 22.5 Å². The van der Waals surface area contributed by atoms with Crippen LogP contribution in [0.4, 0.5) is 0 Å². The number of phenols is 1. The van der Waals surface area contributed by atoms with Crippen LogP contribution >= 0.6 is 55.1 Å². The summed E-state index contributed by atoms with van der Waals surface area (Å²) in [7, 11) is 0. The van der Waals surface area contributed by atoms with Crippen LogP contribution < -0.4 is 0 Å². The maximum absolute atomic E-state index is 13.6. The lowest BCUT2D eigenvalue weighted by molar-refractivity contribution is -0.141. The molecule has 6 unspecified atom stereocenters. The molecule has 7 nitrogen and oxygen atoms in total. The number of aromatic hydroxyl groups is 1. The van der Waals surface area contributed by atoms with Gasteiger partial charge in [0.25, 0.3) is 11.8 Å². The van der Waals surface area contributed by atoms with Gasteiger partial charge >= 0.3 is 0 Å². The first-order valence-electron chi connectivity index (χ1n) is 10.9. The van der Waals surface area contributed by atoms with E-state index < -0.39 is 45.2 Å². The summed E-state index contributed by atoms with van der Waals surface area (Å²) >= 11 is 20.8. The molecule has 2 saturated heterocycles. The normalized spacial score (nSPS) is 37.0. The molecule has 1 saturated carbocycles. The first-order chi connectivity index (χ1) is 16.0. The Kier molecular flexibility index (Phi) is 5.75. The number of fused-ring (bicyclic) bond motifs is 4. The molecule has 1 N–H and O–H groups in total. The summed E-state index contributed by atoms with van der Waals surface area (Å²) in [4.78, 5) is 51.8. The number of hydrogen-bond acceptors (Lipinski definition) is 5. The molecular weight excluding hydrogens is 615 g/mol. The van der Waals surface area contributed by atoms with E-state index in [0.717, 1.165) is 4.90 Å². The van der Waals surface area contributed by atoms with Crippen molar-refractivity contribution in [1.82, 2.24) is 9.80 Å². The highest BCUT2D eigenvalue weighted by Gasteiger charge is 2.76. The van der Waals surface area contributed by atoms with Gasteiger partial charge in [0.05, 0.1) is 17.3 Å². The predicted molar refractivity (Wildman–Crippen MR) is 132 cm³/mol. The van der Waals surface area contributed by atoms with Gasteiger partial charge in [0.15, 0.2) is 9.75 Å². The van der Waals surface area contributed by atoms with Crippen LogP contribution in [0.25, 0.3) is 0 Å². The lowest BCUT2D eigenvalue weighted by Crippen LogP contribution is -2.60. The second kappa shape index (κ2) is 8.05. The third-order valence-corrected chi connectivity index (χ3v) is 10.1. The molecule has 0 radical (unpaired) electrons. The maximum atomic E-state index is 13.6. The lowest BCUT2D eigenvalue weighted by Gasteiger charge is -2.50. The van der Waals surface area contributed by atoms with E-state index in [1.165, 1.54) is 11.0 Å². The maximum Gasteiger partial charge on any atom is 0.254 e. The molecule has 0 bridgehead atoms. The molecule has 1 aromatic rings.